The average molecular weight is 379 g/mol. The standard InChI is InChI=1S/C19H17N5O4/c1-10(2)16-12(20-9-21-16)8-14-19(26)22-13(18(25)23-14)7-11-5-4-6-15(28-3)17(11)24-27/h4-9H,1H2,2-3H3,(H,20,21)(H,22,26)(H,23,25)/b13-7-,14-8-. The van der Waals surface area contributed by atoms with Crippen molar-refractivity contribution in [1.29, 1.82) is 0 Å². The molecule has 3 rings (SSSR count). The normalized spacial score (nSPS) is 12.2. The number of nitroso groups, excluding NO2 is 1. The van der Waals surface area contributed by atoms with Crippen molar-refractivity contribution < 1.29 is 4.74 Å². The van der Waals surface area contributed by atoms with Crippen molar-refractivity contribution in [2.75, 3.05) is 7.11 Å². The Morgan fingerprint density at radius 3 is 2.46 bits per heavy atom. The number of nitrogens with zero attached hydrogens (tertiary/aromatic N) is 2. The number of H-pyrrole nitrogens is 3. The Labute approximate surface area is 158 Å². The van der Waals surface area contributed by atoms with Gasteiger partial charge in [0.25, 0.3) is 11.1 Å². The number of nitrogens with one attached hydrogen (secondary N) is 3. The second-order valence-corrected chi connectivity index (χ2v) is 5.96. The van der Waals surface area contributed by atoms with Gasteiger partial charge in [0.05, 0.1) is 24.8 Å². The monoisotopic (exact) mass is 379 g/mol. The molecule has 0 aliphatic carbocycles. The molecule has 1 aromatic carbocycles. The second-order valence-electron chi connectivity index (χ2n) is 5.96. The predicted octanol–water partition coefficient (Wildman–Crippen LogP) is 0.883. The summed E-state index contributed by atoms with van der Waals surface area (Å²) in [5.74, 6) is 0.262. The van der Waals surface area contributed by atoms with E-state index in [0.717, 1.165) is 5.57 Å². The molecule has 0 amide bonds. The van der Waals surface area contributed by atoms with Gasteiger partial charge in [0.2, 0.25) is 0 Å². The van der Waals surface area contributed by atoms with Gasteiger partial charge >= 0.3 is 0 Å². The zero-order valence-electron chi connectivity index (χ0n) is 15.2. The Kier molecular flexibility index (Phi) is 5.16. The van der Waals surface area contributed by atoms with Crippen molar-refractivity contribution in [1.82, 2.24) is 19.9 Å². The lowest BCUT2D eigenvalue weighted by molar-refractivity contribution is 0.416. The second kappa shape index (κ2) is 7.70. The molecule has 0 atom stereocenters. The molecule has 3 N–H and O–H groups in total. The fraction of sp³-hybridized carbons (Fsp3) is 0.105. The Hall–Kier alpha value is -4.01. The van der Waals surface area contributed by atoms with Crippen LogP contribution in [-0.2, 0) is 0 Å². The maximum Gasteiger partial charge on any atom is 0.272 e. The van der Waals surface area contributed by atoms with Gasteiger partial charge < -0.3 is 19.7 Å². The van der Waals surface area contributed by atoms with Gasteiger partial charge in [0, 0.05) is 5.56 Å². The van der Waals surface area contributed by atoms with Crippen LogP contribution < -0.4 is 26.6 Å². The summed E-state index contributed by atoms with van der Waals surface area (Å²) in [5.41, 5.74) is 1.18. The van der Waals surface area contributed by atoms with Crippen LogP contribution in [0.2, 0.25) is 0 Å². The lowest BCUT2D eigenvalue weighted by Crippen LogP contribution is -2.46. The molecule has 9 nitrogen and oxygen atoms in total. The van der Waals surface area contributed by atoms with Crippen LogP contribution in [0.15, 0.2) is 45.9 Å². The highest BCUT2D eigenvalue weighted by Crippen LogP contribution is 2.31. The van der Waals surface area contributed by atoms with Gasteiger partial charge in [-0.1, -0.05) is 18.7 Å². The molecule has 0 fully saturated rings. The highest BCUT2D eigenvalue weighted by atomic mass is 16.5. The van der Waals surface area contributed by atoms with E-state index in [2.05, 4.69) is 31.7 Å². The summed E-state index contributed by atoms with van der Waals surface area (Å²) in [7, 11) is 1.40. The van der Waals surface area contributed by atoms with Gasteiger partial charge in [-0.25, -0.2) is 4.98 Å². The molecule has 0 saturated heterocycles. The maximum absolute atomic E-state index is 12.4. The third-order valence-electron chi connectivity index (χ3n) is 4.00. The fourth-order valence-corrected chi connectivity index (χ4v) is 2.66. The number of benzene rings is 1. The van der Waals surface area contributed by atoms with Gasteiger partial charge in [0.1, 0.15) is 16.4 Å². The maximum atomic E-state index is 12.4. The molecule has 9 heteroatoms. The van der Waals surface area contributed by atoms with E-state index in [9.17, 15) is 14.5 Å². The molecule has 28 heavy (non-hydrogen) atoms. The first kappa shape index (κ1) is 18.8. The number of imidazole rings is 1. The molecule has 0 unspecified atom stereocenters. The summed E-state index contributed by atoms with van der Waals surface area (Å²) in [6.45, 7) is 5.63. The van der Waals surface area contributed by atoms with Crippen LogP contribution in [0.5, 0.6) is 5.75 Å². The van der Waals surface area contributed by atoms with E-state index in [0.29, 0.717) is 17.0 Å². The van der Waals surface area contributed by atoms with Crippen molar-refractivity contribution >= 4 is 23.4 Å². The molecule has 0 spiro atoms. The van der Waals surface area contributed by atoms with Crippen molar-refractivity contribution in [3.63, 3.8) is 0 Å². The third kappa shape index (κ3) is 3.58. The van der Waals surface area contributed by atoms with Gasteiger partial charge in [-0.3, -0.25) is 9.59 Å². The Morgan fingerprint density at radius 1 is 1.18 bits per heavy atom. The minimum absolute atomic E-state index is 0.0255. The minimum Gasteiger partial charge on any atom is -0.494 e. The summed E-state index contributed by atoms with van der Waals surface area (Å²) >= 11 is 0. The third-order valence-corrected chi connectivity index (χ3v) is 4.00. The minimum atomic E-state index is -0.544. The smallest absolute Gasteiger partial charge is 0.272 e. The van der Waals surface area contributed by atoms with E-state index in [4.69, 9.17) is 4.74 Å². The van der Waals surface area contributed by atoms with E-state index >= 15 is 0 Å². The Morgan fingerprint density at radius 2 is 1.86 bits per heavy atom. The molecule has 0 aliphatic heterocycles. The van der Waals surface area contributed by atoms with E-state index in [1.807, 2.05) is 0 Å². The largest absolute Gasteiger partial charge is 0.494 e. The van der Waals surface area contributed by atoms with Crippen LogP contribution in [0.4, 0.5) is 5.69 Å². The molecule has 3 aromatic rings. The lowest BCUT2D eigenvalue weighted by Gasteiger charge is -2.04. The summed E-state index contributed by atoms with van der Waals surface area (Å²) in [5, 5.41) is 2.96. The summed E-state index contributed by atoms with van der Waals surface area (Å²) in [4.78, 5) is 48.1. The first-order valence-corrected chi connectivity index (χ1v) is 8.20. The number of rotatable bonds is 5. The van der Waals surface area contributed by atoms with Crippen molar-refractivity contribution in [3.8, 4) is 5.75 Å². The molecule has 2 heterocycles. The zero-order chi connectivity index (χ0) is 20.3. The molecule has 0 radical (unpaired) electrons. The van der Waals surface area contributed by atoms with Crippen molar-refractivity contribution in [2.45, 2.75) is 6.92 Å². The Balaban J connectivity index is 2.18. The van der Waals surface area contributed by atoms with Crippen LogP contribution in [0, 0.1) is 4.91 Å². The topological polar surface area (TPSA) is 133 Å². The number of hydrogen-bond acceptors (Lipinski definition) is 6. The lowest BCUT2D eigenvalue weighted by atomic mass is 10.1. The number of allylic oxidation sites excluding steroid dienone is 1. The molecule has 0 aliphatic rings. The summed E-state index contributed by atoms with van der Waals surface area (Å²) in [6, 6.07) is 4.80. The quantitative estimate of drug-likeness (QED) is 0.566. The van der Waals surface area contributed by atoms with Gasteiger partial charge in [-0.15, -0.1) is 4.91 Å². The molecule has 142 valence electrons. The SMILES string of the molecule is C=C(C)c1[nH]cnc1/C=c1\[nH]c(=O)/c(=C/c2cccc(OC)c2N=O)[nH]c1=O. The van der Waals surface area contributed by atoms with Crippen molar-refractivity contribution in [2.24, 2.45) is 5.18 Å². The van der Waals surface area contributed by atoms with Crippen LogP contribution in [0.3, 0.4) is 0 Å². The van der Waals surface area contributed by atoms with Crippen LogP contribution >= 0.6 is 0 Å². The first-order valence-electron chi connectivity index (χ1n) is 8.20. The van der Waals surface area contributed by atoms with Gasteiger partial charge in [-0.05, 0) is 35.9 Å². The number of ether oxygens (including phenoxy) is 1. The number of aromatic nitrogens is 4. The Bertz CT molecular complexity index is 1300. The predicted molar refractivity (Wildman–Crippen MR) is 106 cm³/mol. The van der Waals surface area contributed by atoms with Gasteiger partial charge in [0.15, 0.2) is 5.69 Å². The van der Waals surface area contributed by atoms with E-state index < -0.39 is 11.1 Å². The average Bonchev–Trinajstić information content (AvgIpc) is 3.14. The van der Waals surface area contributed by atoms with Crippen molar-refractivity contribution in [3.05, 3.63) is 84.4 Å². The van der Waals surface area contributed by atoms with E-state index in [1.54, 1.807) is 25.1 Å². The molecule has 2 aromatic heterocycles. The molecular formula is C19H17N5O4. The summed E-state index contributed by atoms with van der Waals surface area (Å²) in [6.07, 6.45) is 4.28. The van der Waals surface area contributed by atoms with E-state index in [1.165, 1.54) is 25.6 Å². The number of hydrogen-bond donors (Lipinski definition) is 3. The first-order chi connectivity index (χ1) is 13.4. The highest BCUT2D eigenvalue weighted by Gasteiger charge is 2.09. The highest BCUT2D eigenvalue weighted by molar-refractivity contribution is 5.69. The number of methoxy groups -OCH3 is 1. The molecule has 0 saturated carbocycles. The zero-order valence-corrected chi connectivity index (χ0v) is 15.2. The fourth-order valence-electron chi connectivity index (χ4n) is 2.66. The van der Waals surface area contributed by atoms with Crippen LogP contribution in [-0.4, -0.2) is 27.0 Å². The molecule has 0 bridgehead atoms. The van der Waals surface area contributed by atoms with Crippen LogP contribution in [0.25, 0.3) is 17.7 Å². The van der Waals surface area contributed by atoms with Gasteiger partial charge in [-0.2, -0.15) is 0 Å². The molecular weight excluding hydrogens is 362 g/mol. The number of aromatic amines is 3. The van der Waals surface area contributed by atoms with E-state index in [-0.39, 0.29) is 22.1 Å². The summed E-state index contributed by atoms with van der Waals surface area (Å²) < 4.78 is 5.08. The van der Waals surface area contributed by atoms with Crippen LogP contribution in [0.1, 0.15) is 23.9 Å².